The molecule has 5 nitrogen and oxygen atoms in total. The van der Waals surface area contributed by atoms with Crippen LogP contribution in [0.3, 0.4) is 0 Å². The first-order chi connectivity index (χ1) is 9.06. The first-order valence-corrected chi connectivity index (χ1v) is 6.34. The van der Waals surface area contributed by atoms with Gasteiger partial charge in [0.1, 0.15) is 12.7 Å². The molecule has 2 aromatic rings. The van der Waals surface area contributed by atoms with E-state index < -0.39 is 0 Å². The molecule has 0 saturated carbocycles. The lowest BCUT2D eigenvalue weighted by Gasteiger charge is -2.13. The smallest absolute Gasteiger partial charge is 0.226 e. The third kappa shape index (κ3) is 3.54. The zero-order valence-electron chi connectivity index (χ0n) is 10.8. The van der Waals surface area contributed by atoms with Gasteiger partial charge in [0, 0.05) is 17.1 Å². The van der Waals surface area contributed by atoms with E-state index in [1.54, 1.807) is 23.1 Å². The highest BCUT2D eigenvalue weighted by molar-refractivity contribution is 6.31. The zero-order valence-corrected chi connectivity index (χ0v) is 11.6. The van der Waals surface area contributed by atoms with Crippen LogP contribution >= 0.6 is 11.6 Å². The van der Waals surface area contributed by atoms with Crippen LogP contribution in [-0.4, -0.2) is 20.7 Å². The Morgan fingerprint density at radius 1 is 1.53 bits per heavy atom. The molecule has 0 aliphatic heterocycles. The van der Waals surface area contributed by atoms with Crippen LogP contribution in [0.5, 0.6) is 0 Å². The van der Waals surface area contributed by atoms with Gasteiger partial charge in [-0.05, 0) is 31.5 Å². The molecule has 1 N–H and O–H groups in total. The monoisotopic (exact) mass is 278 g/mol. The molecule has 1 aromatic carbocycles. The van der Waals surface area contributed by atoms with E-state index >= 15 is 0 Å². The number of hydrogen-bond acceptors (Lipinski definition) is 3. The number of hydrogen-bond donors (Lipinski definition) is 1. The topological polar surface area (TPSA) is 59.8 Å². The summed E-state index contributed by atoms with van der Waals surface area (Å²) in [6.45, 7) is 3.84. The lowest BCUT2D eigenvalue weighted by atomic mass is 10.2. The van der Waals surface area contributed by atoms with Crippen molar-refractivity contribution in [3.05, 3.63) is 41.4 Å². The number of carbonyl (C=O) groups is 1. The molecule has 0 radical (unpaired) electrons. The summed E-state index contributed by atoms with van der Waals surface area (Å²) in [5, 5.41) is 7.47. The predicted octanol–water partition coefficient (Wildman–Crippen LogP) is 2.83. The second kappa shape index (κ2) is 5.84. The molecular weight excluding hydrogens is 264 g/mol. The van der Waals surface area contributed by atoms with Gasteiger partial charge in [0.25, 0.3) is 0 Å². The average molecular weight is 279 g/mol. The van der Waals surface area contributed by atoms with Crippen LogP contribution in [0.15, 0.2) is 30.9 Å². The van der Waals surface area contributed by atoms with Gasteiger partial charge >= 0.3 is 0 Å². The molecule has 100 valence electrons. The number of aromatic nitrogens is 3. The fourth-order valence-electron chi connectivity index (χ4n) is 1.74. The summed E-state index contributed by atoms with van der Waals surface area (Å²) in [6, 6.07) is 5.38. The lowest BCUT2D eigenvalue weighted by Crippen LogP contribution is -2.18. The molecule has 0 spiro atoms. The number of anilines is 1. The van der Waals surface area contributed by atoms with Crippen molar-refractivity contribution in [2.75, 3.05) is 5.32 Å². The minimum Gasteiger partial charge on any atom is -0.326 e. The van der Waals surface area contributed by atoms with Crippen molar-refractivity contribution in [3.8, 4) is 0 Å². The zero-order chi connectivity index (χ0) is 13.8. The minimum atomic E-state index is -0.0756. The Morgan fingerprint density at radius 3 is 3.00 bits per heavy atom. The average Bonchev–Trinajstić information content (AvgIpc) is 2.87. The SMILES string of the molecule is Cc1ccc(Cl)cc1NC(=O)CC(C)n1cncn1. The summed E-state index contributed by atoms with van der Waals surface area (Å²) in [5.41, 5.74) is 1.72. The van der Waals surface area contributed by atoms with Crippen LogP contribution in [0.4, 0.5) is 5.69 Å². The molecule has 19 heavy (non-hydrogen) atoms. The van der Waals surface area contributed by atoms with E-state index in [9.17, 15) is 4.79 Å². The molecule has 0 saturated heterocycles. The molecule has 1 atom stereocenters. The van der Waals surface area contributed by atoms with Crippen LogP contribution < -0.4 is 5.32 Å². The van der Waals surface area contributed by atoms with E-state index in [1.807, 2.05) is 19.9 Å². The fourth-order valence-corrected chi connectivity index (χ4v) is 1.91. The maximum Gasteiger partial charge on any atom is 0.226 e. The Kier molecular flexibility index (Phi) is 4.16. The van der Waals surface area contributed by atoms with Crippen molar-refractivity contribution in [3.63, 3.8) is 0 Å². The summed E-state index contributed by atoms with van der Waals surface area (Å²) in [6.07, 6.45) is 3.38. The number of halogens is 1. The number of carbonyl (C=O) groups excluding carboxylic acids is 1. The number of rotatable bonds is 4. The van der Waals surface area contributed by atoms with Crippen molar-refractivity contribution in [2.45, 2.75) is 26.3 Å². The largest absolute Gasteiger partial charge is 0.326 e. The van der Waals surface area contributed by atoms with Crippen LogP contribution in [0.2, 0.25) is 5.02 Å². The molecular formula is C13H15ClN4O. The van der Waals surface area contributed by atoms with Crippen molar-refractivity contribution >= 4 is 23.2 Å². The molecule has 6 heteroatoms. The van der Waals surface area contributed by atoms with E-state index in [1.165, 1.54) is 6.33 Å². The molecule has 2 rings (SSSR count). The van der Waals surface area contributed by atoms with Crippen LogP contribution in [0.1, 0.15) is 24.9 Å². The highest BCUT2D eigenvalue weighted by atomic mass is 35.5. The quantitative estimate of drug-likeness (QED) is 0.935. The third-order valence-electron chi connectivity index (χ3n) is 2.84. The molecule has 1 unspecified atom stereocenters. The number of amides is 1. The van der Waals surface area contributed by atoms with Gasteiger partial charge < -0.3 is 5.32 Å². The highest BCUT2D eigenvalue weighted by Crippen LogP contribution is 2.21. The Balaban J connectivity index is 1.99. The van der Waals surface area contributed by atoms with Crippen molar-refractivity contribution in [1.82, 2.24) is 14.8 Å². The van der Waals surface area contributed by atoms with E-state index in [-0.39, 0.29) is 11.9 Å². The lowest BCUT2D eigenvalue weighted by molar-refractivity contribution is -0.116. The third-order valence-corrected chi connectivity index (χ3v) is 3.08. The Labute approximate surface area is 116 Å². The van der Waals surface area contributed by atoms with E-state index in [0.29, 0.717) is 11.4 Å². The number of aryl methyl sites for hydroxylation is 1. The normalized spacial score (nSPS) is 12.2. The Bertz CT molecular complexity index is 568. The maximum atomic E-state index is 12.0. The second-order valence-corrected chi connectivity index (χ2v) is 4.87. The molecule has 1 heterocycles. The number of nitrogens with zero attached hydrogens (tertiary/aromatic N) is 3. The molecule has 0 aliphatic carbocycles. The van der Waals surface area contributed by atoms with Gasteiger partial charge in [-0.1, -0.05) is 17.7 Å². The van der Waals surface area contributed by atoms with E-state index in [4.69, 9.17) is 11.6 Å². The van der Waals surface area contributed by atoms with Crippen molar-refractivity contribution < 1.29 is 4.79 Å². The first-order valence-electron chi connectivity index (χ1n) is 5.96. The van der Waals surface area contributed by atoms with E-state index in [0.717, 1.165) is 11.3 Å². The van der Waals surface area contributed by atoms with Gasteiger partial charge in [-0.25, -0.2) is 9.67 Å². The molecule has 0 aliphatic rings. The summed E-state index contributed by atoms with van der Waals surface area (Å²) < 4.78 is 1.66. The van der Waals surface area contributed by atoms with Crippen LogP contribution in [0.25, 0.3) is 0 Å². The van der Waals surface area contributed by atoms with Gasteiger partial charge in [-0.3, -0.25) is 4.79 Å². The highest BCUT2D eigenvalue weighted by Gasteiger charge is 2.12. The Morgan fingerprint density at radius 2 is 2.32 bits per heavy atom. The van der Waals surface area contributed by atoms with Gasteiger partial charge in [0.15, 0.2) is 0 Å². The standard InChI is InChI=1S/C13H15ClN4O/c1-9-3-4-11(14)6-12(9)17-13(19)5-10(2)18-8-15-7-16-18/h3-4,6-8,10H,5H2,1-2H3,(H,17,19). The summed E-state index contributed by atoms with van der Waals surface area (Å²) in [4.78, 5) is 15.8. The predicted molar refractivity (Wildman–Crippen MR) is 74.2 cm³/mol. The molecule has 1 amide bonds. The summed E-state index contributed by atoms with van der Waals surface area (Å²) in [7, 11) is 0. The summed E-state index contributed by atoms with van der Waals surface area (Å²) in [5.74, 6) is -0.0756. The van der Waals surface area contributed by atoms with Crippen LogP contribution in [-0.2, 0) is 4.79 Å². The van der Waals surface area contributed by atoms with Gasteiger partial charge in [-0.2, -0.15) is 5.10 Å². The fraction of sp³-hybridized carbons (Fsp3) is 0.308. The van der Waals surface area contributed by atoms with Crippen molar-refractivity contribution in [2.24, 2.45) is 0 Å². The van der Waals surface area contributed by atoms with Gasteiger partial charge in [-0.15, -0.1) is 0 Å². The number of benzene rings is 1. The molecule has 1 aromatic heterocycles. The first kappa shape index (κ1) is 13.5. The number of nitrogens with one attached hydrogen (secondary N) is 1. The minimum absolute atomic E-state index is 0.0398. The van der Waals surface area contributed by atoms with Gasteiger partial charge in [0.05, 0.1) is 6.04 Å². The summed E-state index contributed by atoms with van der Waals surface area (Å²) >= 11 is 5.91. The second-order valence-electron chi connectivity index (χ2n) is 4.44. The maximum absolute atomic E-state index is 12.0. The van der Waals surface area contributed by atoms with Gasteiger partial charge in [0.2, 0.25) is 5.91 Å². The van der Waals surface area contributed by atoms with E-state index in [2.05, 4.69) is 15.4 Å². The molecule has 0 bridgehead atoms. The van der Waals surface area contributed by atoms with Crippen molar-refractivity contribution in [1.29, 1.82) is 0 Å². The Hall–Kier alpha value is -1.88. The van der Waals surface area contributed by atoms with Crippen LogP contribution in [0, 0.1) is 6.92 Å². The molecule has 0 fully saturated rings.